The molecule has 1 heterocycles. The van der Waals surface area contributed by atoms with Crippen LogP contribution in [0.4, 0.5) is 46.3 Å². The Hall–Kier alpha value is -2.99. The van der Waals surface area contributed by atoms with E-state index in [4.69, 9.17) is 11.6 Å². The Labute approximate surface area is 179 Å². The van der Waals surface area contributed by atoms with Gasteiger partial charge >= 0.3 is 11.9 Å². The van der Waals surface area contributed by atoms with Gasteiger partial charge in [0.15, 0.2) is 0 Å². The van der Waals surface area contributed by atoms with Crippen molar-refractivity contribution >= 4 is 56.2 Å². The normalized spacial score (nSPS) is 11.3. The van der Waals surface area contributed by atoms with E-state index in [-0.39, 0.29) is 22.2 Å². The molecule has 2 aromatic carbocycles. The van der Waals surface area contributed by atoms with Gasteiger partial charge in [-0.15, -0.1) is 0 Å². The smallest absolute Gasteiger partial charge is 0.333 e. The van der Waals surface area contributed by atoms with Gasteiger partial charge in [-0.3, -0.25) is 10.1 Å². The van der Waals surface area contributed by atoms with Gasteiger partial charge < -0.3 is 10.6 Å². The summed E-state index contributed by atoms with van der Waals surface area (Å²) in [5.41, 5.74) is -2.09. The highest BCUT2D eigenvalue weighted by atomic mass is 79.9. The molecule has 3 aromatic rings. The lowest BCUT2D eigenvalue weighted by molar-refractivity contribution is -0.383. The van der Waals surface area contributed by atoms with Crippen molar-refractivity contribution in [3.05, 3.63) is 73.7 Å². The zero-order valence-electron chi connectivity index (χ0n) is 14.5. The highest BCUT2D eigenvalue weighted by Crippen LogP contribution is 2.38. The molecule has 0 amide bonds. The first-order chi connectivity index (χ1) is 14.1. The number of benzene rings is 2. The molecule has 13 heteroatoms. The van der Waals surface area contributed by atoms with Gasteiger partial charge in [-0.2, -0.15) is 13.2 Å². The number of nitro groups is 1. The zero-order valence-corrected chi connectivity index (χ0v) is 16.8. The largest absolute Gasteiger partial charge is 0.416 e. The van der Waals surface area contributed by atoms with Gasteiger partial charge in [0.05, 0.1) is 26.9 Å². The molecule has 3 rings (SSSR count). The fourth-order valence-electron chi connectivity index (χ4n) is 2.38. The van der Waals surface area contributed by atoms with Crippen LogP contribution in [0.2, 0.25) is 5.02 Å². The second-order valence-corrected chi connectivity index (χ2v) is 7.07. The molecule has 0 radical (unpaired) electrons. The average Bonchev–Trinajstić information content (AvgIpc) is 2.65. The van der Waals surface area contributed by atoms with E-state index >= 15 is 0 Å². The average molecular weight is 507 g/mol. The van der Waals surface area contributed by atoms with Crippen molar-refractivity contribution in [2.45, 2.75) is 6.18 Å². The minimum absolute atomic E-state index is 0.108. The number of rotatable bonds is 5. The van der Waals surface area contributed by atoms with Crippen molar-refractivity contribution in [3.63, 3.8) is 0 Å². The first-order valence-corrected chi connectivity index (χ1v) is 9.08. The SMILES string of the molecule is O=[N+]([O-])c1c(Nc2ccc(Br)cc2F)ncnc1Nc1cc(C(F)(F)F)ccc1Cl. The summed E-state index contributed by atoms with van der Waals surface area (Å²) in [4.78, 5) is 18.2. The molecule has 1 aromatic heterocycles. The summed E-state index contributed by atoms with van der Waals surface area (Å²) in [6.45, 7) is 0. The van der Waals surface area contributed by atoms with Crippen LogP contribution < -0.4 is 10.6 Å². The van der Waals surface area contributed by atoms with Crippen LogP contribution in [0.3, 0.4) is 0 Å². The van der Waals surface area contributed by atoms with Crippen molar-refractivity contribution in [2.24, 2.45) is 0 Å². The van der Waals surface area contributed by atoms with E-state index < -0.39 is 34.0 Å². The second kappa shape index (κ2) is 8.40. The monoisotopic (exact) mass is 505 g/mol. The molecule has 0 unspecified atom stereocenters. The molecule has 0 aliphatic carbocycles. The van der Waals surface area contributed by atoms with E-state index in [9.17, 15) is 27.7 Å². The number of hydrogen-bond acceptors (Lipinski definition) is 6. The molecule has 0 fully saturated rings. The summed E-state index contributed by atoms with van der Waals surface area (Å²) < 4.78 is 53.4. The summed E-state index contributed by atoms with van der Waals surface area (Å²) in [6.07, 6.45) is -3.72. The third-order valence-corrected chi connectivity index (χ3v) is 4.56. The van der Waals surface area contributed by atoms with E-state index in [1.807, 2.05) is 0 Å². The lowest BCUT2D eigenvalue weighted by Crippen LogP contribution is -2.08. The maximum Gasteiger partial charge on any atom is 0.416 e. The van der Waals surface area contributed by atoms with Crippen LogP contribution in [-0.4, -0.2) is 14.9 Å². The first kappa shape index (κ1) is 21.7. The molecule has 0 saturated heterocycles. The Morgan fingerprint density at radius 3 is 2.23 bits per heavy atom. The summed E-state index contributed by atoms with van der Waals surface area (Å²) in [7, 11) is 0. The summed E-state index contributed by atoms with van der Waals surface area (Å²) in [5, 5.41) is 16.4. The van der Waals surface area contributed by atoms with Crippen LogP contribution in [0.5, 0.6) is 0 Å². The number of alkyl halides is 3. The predicted molar refractivity (Wildman–Crippen MR) is 106 cm³/mol. The number of nitrogens with one attached hydrogen (secondary N) is 2. The van der Waals surface area contributed by atoms with E-state index in [2.05, 4.69) is 36.5 Å². The molecular weight excluding hydrogens is 498 g/mol. The Kier molecular flexibility index (Phi) is 6.08. The fourth-order valence-corrected chi connectivity index (χ4v) is 2.88. The third-order valence-electron chi connectivity index (χ3n) is 3.74. The topological polar surface area (TPSA) is 93.0 Å². The highest BCUT2D eigenvalue weighted by molar-refractivity contribution is 9.10. The molecule has 0 aliphatic rings. The van der Waals surface area contributed by atoms with E-state index in [1.54, 1.807) is 0 Å². The van der Waals surface area contributed by atoms with Crippen molar-refractivity contribution < 1.29 is 22.5 Å². The first-order valence-electron chi connectivity index (χ1n) is 7.91. The Morgan fingerprint density at radius 2 is 1.67 bits per heavy atom. The van der Waals surface area contributed by atoms with Crippen molar-refractivity contribution in [1.82, 2.24) is 9.97 Å². The van der Waals surface area contributed by atoms with Gasteiger partial charge in [0.1, 0.15) is 12.1 Å². The van der Waals surface area contributed by atoms with Crippen LogP contribution in [0.25, 0.3) is 0 Å². The zero-order chi connectivity index (χ0) is 22.1. The highest BCUT2D eigenvalue weighted by Gasteiger charge is 2.31. The maximum atomic E-state index is 14.1. The molecule has 0 spiro atoms. The van der Waals surface area contributed by atoms with Crippen LogP contribution in [0.1, 0.15) is 5.56 Å². The van der Waals surface area contributed by atoms with Crippen LogP contribution >= 0.6 is 27.5 Å². The Balaban J connectivity index is 2.03. The summed E-state index contributed by atoms with van der Waals surface area (Å²) >= 11 is 9.01. The minimum atomic E-state index is -4.65. The lowest BCUT2D eigenvalue weighted by Gasteiger charge is -2.13. The van der Waals surface area contributed by atoms with E-state index in [1.165, 1.54) is 12.1 Å². The Morgan fingerprint density at radius 1 is 1.03 bits per heavy atom. The Bertz CT molecular complexity index is 1130. The lowest BCUT2D eigenvalue weighted by atomic mass is 10.2. The quantitative estimate of drug-likeness (QED) is 0.235. The van der Waals surface area contributed by atoms with Crippen molar-refractivity contribution in [2.75, 3.05) is 10.6 Å². The molecule has 0 atom stereocenters. The molecule has 2 N–H and O–H groups in total. The summed E-state index contributed by atoms with van der Waals surface area (Å²) in [5.74, 6) is -1.52. The number of hydrogen-bond donors (Lipinski definition) is 2. The van der Waals surface area contributed by atoms with Gasteiger partial charge in [0, 0.05) is 4.47 Å². The predicted octanol–water partition coefficient (Wildman–Crippen LogP) is 6.45. The number of aromatic nitrogens is 2. The van der Waals surface area contributed by atoms with E-state index in [0.717, 1.165) is 24.5 Å². The number of halogens is 6. The van der Waals surface area contributed by atoms with Crippen molar-refractivity contribution in [1.29, 1.82) is 0 Å². The van der Waals surface area contributed by atoms with Gasteiger partial charge in [0.25, 0.3) is 0 Å². The molecular formula is C17H9BrClF4N5O2. The summed E-state index contributed by atoms with van der Waals surface area (Å²) in [6, 6.07) is 6.41. The van der Waals surface area contributed by atoms with Crippen LogP contribution in [0.15, 0.2) is 47.2 Å². The fraction of sp³-hybridized carbons (Fsp3) is 0.0588. The van der Waals surface area contributed by atoms with Gasteiger partial charge in [0.2, 0.25) is 11.6 Å². The molecule has 0 aliphatic heterocycles. The molecule has 156 valence electrons. The third kappa shape index (κ3) is 4.76. The number of nitrogens with zero attached hydrogens (tertiary/aromatic N) is 3. The molecule has 7 nitrogen and oxygen atoms in total. The van der Waals surface area contributed by atoms with Gasteiger partial charge in [-0.1, -0.05) is 27.5 Å². The minimum Gasteiger partial charge on any atom is -0.333 e. The van der Waals surface area contributed by atoms with Gasteiger partial charge in [-0.05, 0) is 36.4 Å². The van der Waals surface area contributed by atoms with Crippen LogP contribution in [-0.2, 0) is 6.18 Å². The van der Waals surface area contributed by atoms with Crippen LogP contribution in [0, 0.1) is 15.9 Å². The molecule has 30 heavy (non-hydrogen) atoms. The molecule has 0 saturated carbocycles. The molecule has 0 bridgehead atoms. The maximum absolute atomic E-state index is 14.1. The van der Waals surface area contributed by atoms with Gasteiger partial charge in [-0.25, -0.2) is 14.4 Å². The second-order valence-electron chi connectivity index (χ2n) is 5.74. The van der Waals surface area contributed by atoms with E-state index in [0.29, 0.717) is 10.5 Å². The standard InChI is InChI=1S/C17H9BrClF4N5O2/c18-9-2-4-12(11(20)6-9)26-15-14(28(29)30)16(25-7-24-15)27-13-5-8(17(21,22)23)1-3-10(13)19/h1-7H,(H2,24,25,26,27). The number of anilines is 4. The van der Waals surface area contributed by atoms with Crippen molar-refractivity contribution in [3.8, 4) is 0 Å².